The summed E-state index contributed by atoms with van der Waals surface area (Å²) in [4.78, 5) is 30.0. The number of carboxylic acid groups (broad SMARTS) is 1. The fourth-order valence-corrected chi connectivity index (χ4v) is 3.80. The molecule has 0 bridgehead atoms. The zero-order chi connectivity index (χ0) is 18.0. The van der Waals surface area contributed by atoms with E-state index in [0.29, 0.717) is 51.9 Å². The third-order valence-electron chi connectivity index (χ3n) is 5.22. The largest absolute Gasteiger partial charge is 0.481 e. The van der Waals surface area contributed by atoms with Crippen LogP contribution in [0.1, 0.15) is 37.3 Å². The molecule has 2 heterocycles. The number of hydrogen-bond donors (Lipinski definition) is 1. The quantitative estimate of drug-likeness (QED) is 0.870. The van der Waals surface area contributed by atoms with Gasteiger partial charge < -0.3 is 14.7 Å². The van der Waals surface area contributed by atoms with Crippen LogP contribution in [0, 0.1) is 25.7 Å². The van der Waals surface area contributed by atoms with E-state index in [9.17, 15) is 9.59 Å². The first-order chi connectivity index (χ1) is 11.9. The number of carboxylic acids is 1. The molecule has 138 valence electrons. The van der Waals surface area contributed by atoms with Gasteiger partial charge in [-0.1, -0.05) is 0 Å². The second-order valence-electron chi connectivity index (χ2n) is 7.05. The molecule has 25 heavy (non-hydrogen) atoms. The molecule has 1 unspecified atom stereocenters. The Morgan fingerprint density at radius 1 is 1.20 bits per heavy atom. The Labute approximate surface area is 147 Å². The van der Waals surface area contributed by atoms with E-state index in [2.05, 4.69) is 10.1 Å². The summed E-state index contributed by atoms with van der Waals surface area (Å²) >= 11 is 0. The molecule has 2 aliphatic rings. The van der Waals surface area contributed by atoms with Gasteiger partial charge in [0.2, 0.25) is 5.91 Å². The molecule has 1 aliphatic heterocycles. The molecule has 1 aromatic rings. The number of aryl methyl sites for hydroxylation is 2. The number of aromatic nitrogens is 3. The van der Waals surface area contributed by atoms with Gasteiger partial charge in [-0.3, -0.25) is 9.59 Å². The number of carbonyl (C=O) groups is 2. The van der Waals surface area contributed by atoms with Gasteiger partial charge in [0.05, 0.1) is 25.2 Å². The SMILES string of the molecule is Cc1nc(C)n(CC2CN(C(=O)C3CCC(C(=O)O)CC3)CCO2)n1. The molecule has 1 saturated heterocycles. The molecule has 0 spiro atoms. The number of hydrogen-bond acceptors (Lipinski definition) is 5. The third kappa shape index (κ3) is 4.18. The lowest BCUT2D eigenvalue weighted by Crippen LogP contribution is -2.49. The lowest BCUT2D eigenvalue weighted by Gasteiger charge is -2.36. The van der Waals surface area contributed by atoms with Gasteiger partial charge in [-0.25, -0.2) is 9.67 Å². The Morgan fingerprint density at radius 2 is 1.88 bits per heavy atom. The zero-order valence-electron chi connectivity index (χ0n) is 14.8. The van der Waals surface area contributed by atoms with E-state index in [0.717, 1.165) is 11.6 Å². The average Bonchev–Trinajstić information content (AvgIpc) is 2.91. The molecule has 1 amide bonds. The van der Waals surface area contributed by atoms with E-state index in [1.54, 1.807) is 0 Å². The second-order valence-corrected chi connectivity index (χ2v) is 7.05. The van der Waals surface area contributed by atoms with Crippen molar-refractivity contribution in [2.24, 2.45) is 11.8 Å². The van der Waals surface area contributed by atoms with E-state index in [-0.39, 0.29) is 23.8 Å². The molecule has 8 nitrogen and oxygen atoms in total. The van der Waals surface area contributed by atoms with Gasteiger partial charge in [0.25, 0.3) is 0 Å². The molecular formula is C17H26N4O4. The van der Waals surface area contributed by atoms with Crippen LogP contribution in [0.15, 0.2) is 0 Å². The van der Waals surface area contributed by atoms with E-state index in [1.165, 1.54) is 0 Å². The minimum Gasteiger partial charge on any atom is -0.481 e. The Bertz CT molecular complexity index is 637. The maximum atomic E-state index is 12.8. The zero-order valence-corrected chi connectivity index (χ0v) is 14.8. The fourth-order valence-electron chi connectivity index (χ4n) is 3.80. The molecule has 1 N–H and O–H groups in total. The second kappa shape index (κ2) is 7.51. The number of nitrogens with zero attached hydrogens (tertiary/aromatic N) is 4. The summed E-state index contributed by atoms with van der Waals surface area (Å²) in [5, 5.41) is 13.4. The predicted molar refractivity (Wildman–Crippen MR) is 88.9 cm³/mol. The Morgan fingerprint density at radius 3 is 2.48 bits per heavy atom. The maximum absolute atomic E-state index is 12.8. The number of aliphatic carboxylic acids is 1. The number of morpholine rings is 1. The molecule has 0 radical (unpaired) electrons. The lowest BCUT2D eigenvalue weighted by atomic mass is 9.81. The summed E-state index contributed by atoms with van der Waals surface area (Å²) in [6.07, 6.45) is 2.43. The van der Waals surface area contributed by atoms with Crippen molar-refractivity contribution >= 4 is 11.9 Å². The molecule has 1 saturated carbocycles. The van der Waals surface area contributed by atoms with Crippen LogP contribution in [0.5, 0.6) is 0 Å². The van der Waals surface area contributed by atoms with Gasteiger partial charge in [0, 0.05) is 19.0 Å². The summed E-state index contributed by atoms with van der Waals surface area (Å²) in [6, 6.07) is 0. The maximum Gasteiger partial charge on any atom is 0.306 e. The summed E-state index contributed by atoms with van der Waals surface area (Å²) < 4.78 is 7.63. The summed E-state index contributed by atoms with van der Waals surface area (Å²) in [5.41, 5.74) is 0. The van der Waals surface area contributed by atoms with Crippen LogP contribution in [0.2, 0.25) is 0 Å². The topological polar surface area (TPSA) is 97.6 Å². The first kappa shape index (κ1) is 17.8. The minimum absolute atomic E-state index is 0.0512. The van der Waals surface area contributed by atoms with Crippen molar-refractivity contribution in [1.82, 2.24) is 19.7 Å². The third-order valence-corrected chi connectivity index (χ3v) is 5.22. The molecule has 1 aromatic heterocycles. The first-order valence-corrected chi connectivity index (χ1v) is 8.95. The smallest absolute Gasteiger partial charge is 0.306 e. The molecule has 1 aliphatic carbocycles. The predicted octanol–water partition coefficient (Wildman–Crippen LogP) is 1.01. The van der Waals surface area contributed by atoms with E-state index in [4.69, 9.17) is 9.84 Å². The van der Waals surface area contributed by atoms with Crippen molar-refractivity contribution in [1.29, 1.82) is 0 Å². The van der Waals surface area contributed by atoms with Gasteiger partial charge >= 0.3 is 5.97 Å². The minimum atomic E-state index is -0.740. The van der Waals surface area contributed by atoms with Gasteiger partial charge in [0.1, 0.15) is 11.6 Å². The molecule has 1 atom stereocenters. The highest BCUT2D eigenvalue weighted by molar-refractivity contribution is 5.79. The first-order valence-electron chi connectivity index (χ1n) is 8.95. The number of ether oxygens (including phenoxy) is 1. The molecule has 2 fully saturated rings. The standard InChI is InChI=1S/C17H26N4O4/c1-11-18-12(2)21(19-11)10-15-9-20(7-8-25-15)16(22)13-3-5-14(6-4-13)17(23)24/h13-15H,3-10H2,1-2H3,(H,23,24). The van der Waals surface area contributed by atoms with E-state index >= 15 is 0 Å². The van der Waals surface area contributed by atoms with Gasteiger partial charge in [-0.15, -0.1) is 0 Å². The van der Waals surface area contributed by atoms with Gasteiger partial charge in [-0.2, -0.15) is 5.10 Å². The number of amides is 1. The average molecular weight is 350 g/mol. The van der Waals surface area contributed by atoms with Crippen LogP contribution >= 0.6 is 0 Å². The van der Waals surface area contributed by atoms with Crippen molar-refractivity contribution in [3.63, 3.8) is 0 Å². The Hall–Kier alpha value is -1.96. The van der Waals surface area contributed by atoms with Gasteiger partial charge in [-0.05, 0) is 39.5 Å². The van der Waals surface area contributed by atoms with Crippen LogP contribution in [-0.4, -0.2) is 62.4 Å². The summed E-state index contributed by atoms with van der Waals surface area (Å²) in [5.74, 6) is 0.636. The molecule has 3 rings (SSSR count). The van der Waals surface area contributed by atoms with Crippen LogP contribution < -0.4 is 0 Å². The number of rotatable bonds is 4. The summed E-state index contributed by atoms with van der Waals surface area (Å²) in [6.45, 7) is 6.02. The van der Waals surface area contributed by atoms with Crippen molar-refractivity contribution in [3.05, 3.63) is 11.6 Å². The molecule has 8 heteroatoms. The fraction of sp³-hybridized carbons (Fsp3) is 0.765. The van der Waals surface area contributed by atoms with Gasteiger partial charge in [0.15, 0.2) is 0 Å². The monoisotopic (exact) mass is 350 g/mol. The van der Waals surface area contributed by atoms with E-state index < -0.39 is 5.97 Å². The van der Waals surface area contributed by atoms with Crippen LogP contribution in [0.4, 0.5) is 0 Å². The molecule has 0 aromatic carbocycles. The number of carbonyl (C=O) groups excluding carboxylic acids is 1. The summed E-state index contributed by atoms with van der Waals surface area (Å²) in [7, 11) is 0. The van der Waals surface area contributed by atoms with Crippen molar-refractivity contribution in [2.45, 2.75) is 52.2 Å². The highest BCUT2D eigenvalue weighted by atomic mass is 16.5. The molecular weight excluding hydrogens is 324 g/mol. The van der Waals surface area contributed by atoms with Crippen molar-refractivity contribution < 1.29 is 19.4 Å². The highest BCUT2D eigenvalue weighted by Crippen LogP contribution is 2.30. The Kier molecular flexibility index (Phi) is 5.36. The highest BCUT2D eigenvalue weighted by Gasteiger charge is 2.34. The van der Waals surface area contributed by atoms with Crippen molar-refractivity contribution in [3.8, 4) is 0 Å². The van der Waals surface area contributed by atoms with E-state index in [1.807, 2.05) is 23.4 Å². The van der Waals surface area contributed by atoms with Crippen LogP contribution in [-0.2, 0) is 20.9 Å². The lowest BCUT2D eigenvalue weighted by molar-refractivity contribution is -0.148. The van der Waals surface area contributed by atoms with Crippen LogP contribution in [0.3, 0.4) is 0 Å². The Balaban J connectivity index is 1.55. The van der Waals surface area contributed by atoms with Crippen molar-refractivity contribution in [2.75, 3.05) is 19.7 Å². The normalized spacial score (nSPS) is 27.3. The van der Waals surface area contributed by atoms with Crippen LogP contribution in [0.25, 0.3) is 0 Å².